The van der Waals surface area contributed by atoms with E-state index in [1.54, 1.807) is 0 Å². The highest BCUT2D eigenvalue weighted by molar-refractivity contribution is 7.62. The number of benzene rings is 2. The van der Waals surface area contributed by atoms with Gasteiger partial charge in [0.1, 0.15) is 81.7 Å². The molecule has 0 spiro atoms. The Bertz CT molecular complexity index is 2630. The number of aliphatic hydroxyl groups is 4. The molecule has 10 unspecified atom stereocenters. The van der Waals surface area contributed by atoms with E-state index in [0.717, 1.165) is 47.7 Å². The molecule has 0 radical (unpaired) electrons. The third-order valence-corrected chi connectivity index (χ3v) is 15.2. The largest absolute Gasteiger partial charge is 0.496 e. The van der Waals surface area contributed by atoms with Gasteiger partial charge < -0.3 is 77.2 Å². The van der Waals surface area contributed by atoms with Crippen molar-refractivity contribution in [1.82, 2.24) is 19.1 Å². The van der Waals surface area contributed by atoms with Crippen LogP contribution in [0, 0.1) is 0 Å². The zero-order valence-corrected chi connectivity index (χ0v) is 43.9. The maximum absolute atomic E-state index is 13.2. The molecule has 8 N–H and O–H groups in total. The molecule has 26 nitrogen and oxygen atoms in total. The summed E-state index contributed by atoms with van der Waals surface area (Å²) in [7, 11) is -1.23. The molecule has 4 heterocycles. The molecular formula is C46H66N4O22P2. The zero-order chi connectivity index (χ0) is 54.7. The summed E-state index contributed by atoms with van der Waals surface area (Å²) in [4.78, 5) is 75.1. The first kappa shape index (κ1) is 59.5. The Labute approximate surface area is 424 Å². The first-order chi connectivity index (χ1) is 35.1. The number of hydrogen-bond donors (Lipinski definition) is 8. The van der Waals surface area contributed by atoms with Crippen molar-refractivity contribution >= 4 is 25.8 Å². The summed E-state index contributed by atoms with van der Waals surface area (Å²) in [5.41, 5.74) is -2.07. The molecule has 2 aliphatic rings. The molecule has 412 valence electrons. The Balaban J connectivity index is 0.000000274. The SMILES string of the molecule is CCCCCc1cn(C2OC(COP(=O)(O)c3c(OC)cc(OC)cc3OC)C(O)C2O)c(=O)[nH]c1=O.CCCCCc1cn(C2OC(COP(=O)(O)c3c(OC)cc(OC)cc3OC)C(O)C2O)c(=O)[nH]c1=O. The van der Waals surface area contributed by atoms with Gasteiger partial charge in [-0.15, -0.1) is 0 Å². The van der Waals surface area contributed by atoms with Crippen LogP contribution < -0.4 is 61.5 Å². The minimum atomic E-state index is -4.61. The number of aryl methyl sites for hydroxylation is 2. The van der Waals surface area contributed by atoms with Gasteiger partial charge in [0.25, 0.3) is 11.1 Å². The quantitative estimate of drug-likeness (QED) is 0.0357. The number of ether oxygens (including phenoxy) is 8. The smallest absolute Gasteiger partial charge is 0.366 e. The fourth-order valence-electron chi connectivity index (χ4n) is 8.12. The number of H-pyrrole nitrogens is 2. The zero-order valence-electron chi connectivity index (χ0n) is 42.2. The summed E-state index contributed by atoms with van der Waals surface area (Å²) in [6.45, 7) is 2.79. The van der Waals surface area contributed by atoms with Crippen molar-refractivity contribution in [2.45, 2.75) is 114 Å². The Morgan fingerprint density at radius 2 is 0.851 bits per heavy atom. The summed E-state index contributed by atoms with van der Waals surface area (Å²) < 4.78 is 81.3. The molecule has 2 fully saturated rings. The number of aromatic nitrogens is 4. The van der Waals surface area contributed by atoms with Crippen LogP contribution in [0.5, 0.6) is 34.5 Å². The Kier molecular flexibility index (Phi) is 21.3. The second kappa shape index (κ2) is 26.4. The lowest BCUT2D eigenvalue weighted by Gasteiger charge is -2.21. The van der Waals surface area contributed by atoms with Gasteiger partial charge >= 0.3 is 26.6 Å². The minimum absolute atomic E-state index is 0.0248. The molecule has 0 aliphatic carbocycles. The number of unbranched alkanes of at least 4 members (excludes halogenated alkanes) is 4. The summed E-state index contributed by atoms with van der Waals surface area (Å²) in [5, 5.41) is 41.7. The number of methoxy groups -OCH3 is 6. The highest BCUT2D eigenvalue weighted by atomic mass is 31.2. The van der Waals surface area contributed by atoms with Crippen LogP contribution in [0.15, 0.2) is 55.8 Å². The van der Waals surface area contributed by atoms with Crippen LogP contribution in [0.1, 0.15) is 76.0 Å². The van der Waals surface area contributed by atoms with Gasteiger partial charge in [0.2, 0.25) is 0 Å². The van der Waals surface area contributed by atoms with E-state index in [0.29, 0.717) is 35.5 Å². The lowest BCUT2D eigenvalue weighted by molar-refractivity contribution is -0.0523. The van der Waals surface area contributed by atoms with Gasteiger partial charge in [-0.3, -0.25) is 37.8 Å². The van der Waals surface area contributed by atoms with Gasteiger partial charge in [-0.2, -0.15) is 0 Å². The van der Waals surface area contributed by atoms with Gasteiger partial charge in [-0.05, 0) is 25.7 Å². The van der Waals surface area contributed by atoms with Gasteiger partial charge in [0, 0.05) is 47.8 Å². The fourth-order valence-corrected chi connectivity index (χ4v) is 10.8. The van der Waals surface area contributed by atoms with E-state index in [9.17, 15) is 58.5 Å². The molecule has 0 amide bonds. The maximum Gasteiger partial charge on any atom is 0.366 e. The first-order valence-electron chi connectivity index (χ1n) is 23.4. The standard InChI is InChI=1S/2C23H33N2O11P/c2*1-5-6-7-8-13-11-25(23(29)24-21(13)28)22-19(27)18(26)17(36-22)12-35-37(30,31)20-15(33-3)9-14(32-2)10-16(20)34-4/h2*9-11,17-19,22,26-27H,5-8,12H2,1-4H3,(H,30,31)(H,24,28,29). The van der Waals surface area contributed by atoms with Crippen LogP contribution in [-0.4, -0.2) is 142 Å². The molecule has 0 bridgehead atoms. The molecule has 4 aromatic rings. The normalized spacial score (nSPS) is 23.0. The van der Waals surface area contributed by atoms with Gasteiger partial charge in [-0.25, -0.2) is 9.59 Å². The van der Waals surface area contributed by atoms with Crippen molar-refractivity contribution in [3.63, 3.8) is 0 Å². The van der Waals surface area contributed by atoms with Crippen molar-refractivity contribution in [1.29, 1.82) is 0 Å². The van der Waals surface area contributed by atoms with Crippen LogP contribution in [0.4, 0.5) is 0 Å². The number of hydrogen-bond acceptors (Lipinski definition) is 20. The lowest BCUT2D eigenvalue weighted by Crippen LogP contribution is -2.39. The third-order valence-electron chi connectivity index (χ3n) is 12.2. The van der Waals surface area contributed by atoms with Crippen molar-refractivity contribution in [3.05, 3.63) is 89.5 Å². The predicted molar refractivity (Wildman–Crippen MR) is 264 cm³/mol. The molecule has 2 saturated heterocycles. The molecule has 28 heteroatoms. The second-order valence-electron chi connectivity index (χ2n) is 17.0. The molecule has 2 aromatic heterocycles. The van der Waals surface area contributed by atoms with Crippen LogP contribution in [-0.2, 0) is 40.5 Å². The fraction of sp³-hybridized carbons (Fsp3) is 0.565. The molecule has 0 saturated carbocycles. The summed E-state index contributed by atoms with van der Waals surface area (Å²) in [6.07, 6.45) is -3.00. The summed E-state index contributed by atoms with van der Waals surface area (Å²) >= 11 is 0. The highest BCUT2D eigenvalue weighted by Crippen LogP contribution is 2.50. The van der Waals surface area contributed by atoms with E-state index >= 15 is 0 Å². The van der Waals surface area contributed by atoms with E-state index in [1.807, 2.05) is 13.8 Å². The van der Waals surface area contributed by atoms with Crippen molar-refractivity contribution in [3.8, 4) is 34.5 Å². The van der Waals surface area contributed by atoms with E-state index < -0.39 is 100.0 Å². The lowest BCUT2D eigenvalue weighted by atomic mass is 10.1. The Hall–Kier alpha value is -5.34. The van der Waals surface area contributed by atoms with E-state index in [1.165, 1.54) is 79.3 Å². The van der Waals surface area contributed by atoms with Gasteiger partial charge in [0.05, 0.1) is 55.9 Å². The molecular weight excluding hydrogens is 1020 g/mol. The summed E-state index contributed by atoms with van der Waals surface area (Å²) in [6, 6.07) is 5.52. The topological polar surface area (TPSA) is 358 Å². The number of aliphatic hydroxyl groups excluding tert-OH is 4. The Morgan fingerprint density at radius 3 is 1.14 bits per heavy atom. The van der Waals surface area contributed by atoms with E-state index in [-0.39, 0.29) is 33.6 Å². The average Bonchev–Trinajstić information content (AvgIpc) is 3.83. The first-order valence-corrected chi connectivity index (χ1v) is 26.6. The number of rotatable bonds is 24. The Morgan fingerprint density at radius 1 is 0.527 bits per heavy atom. The van der Waals surface area contributed by atoms with Crippen LogP contribution in [0.2, 0.25) is 0 Å². The number of nitrogens with one attached hydrogen (secondary N) is 2. The van der Waals surface area contributed by atoms with Gasteiger partial charge in [-0.1, -0.05) is 39.5 Å². The summed E-state index contributed by atoms with van der Waals surface area (Å²) in [5.74, 6) is 0.537. The molecule has 74 heavy (non-hydrogen) atoms. The molecule has 2 aromatic carbocycles. The van der Waals surface area contributed by atoms with Crippen molar-refractivity contribution in [2.24, 2.45) is 0 Å². The monoisotopic (exact) mass is 1090 g/mol. The van der Waals surface area contributed by atoms with E-state index in [2.05, 4.69) is 9.97 Å². The second-order valence-corrected chi connectivity index (χ2v) is 20.5. The van der Waals surface area contributed by atoms with Crippen LogP contribution in [0.3, 0.4) is 0 Å². The number of nitrogens with zero attached hydrogens (tertiary/aromatic N) is 2. The van der Waals surface area contributed by atoms with Crippen molar-refractivity contribution < 1.29 is 86.3 Å². The van der Waals surface area contributed by atoms with Crippen LogP contribution in [0.25, 0.3) is 0 Å². The van der Waals surface area contributed by atoms with Crippen molar-refractivity contribution in [2.75, 3.05) is 55.9 Å². The van der Waals surface area contributed by atoms with E-state index in [4.69, 9.17) is 46.9 Å². The number of aromatic amines is 2. The molecule has 2 aliphatic heterocycles. The minimum Gasteiger partial charge on any atom is -0.496 e. The average molecular weight is 1090 g/mol. The van der Waals surface area contributed by atoms with Crippen LogP contribution >= 0.6 is 15.2 Å². The maximum atomic E-state index is 13.2. The van der Waals surface area contributed by atoms with Gasteiger partial charge in [0.15, 0.2) is 12.5 Å². The predicted octanol–water partition coefficient (Wildman–Crippen LogP) is 0.884. The molecule has 10 atom stereocenters. The third kappa shape index (κ3) is 13.7. The molecule has 6 rings (SSSR count). The highest BCUT2D eigenvalue weighted by Gasteiger charge is 2.47.